The second-order valence-electron chi connectivity index (χ2n) is 3.67. The molecule has 2 aromatic carbocycles. The van der Waals surface area contributed by atoms with Gasteiger partial charge in [-0.05, 0) is 42.0 Å². The third-order valence-corrected chi connectivity index (χ3v) is 2.33. The van der Waals surface area contributed by atoms with E-state index in [2.05, 4.69) is 4.99 Å². The molecular weight excluding hydrogens is 233 g/mol. The van der Waals surface area contributed by atoms with Crippen LogP contribution in [0.25, 0.3) is 0 Å². The first kappa shape index (κ1) is 12.0. The molecular formula is C14H10FNO2. The Balaban J connectivity index is 2.16. The van der Waals surface area contributed by atoms with Crippen LogP contribution in [0.5, 0.6) is 0 Å². The van der Waals surface area contributed by atoms with Crippen LogP contribution in [0.3, 0.4) is 0 Å². The van der Waals surface area contributed by atoms with E-state index in [9.17, 15) is 9.18 Å². The average Bonchev–Trinajstić information content (AvgIpc) is 2.37. The first-order chi connectivity index (χ1) is 8.65. The number of hydrogen-bond acceptors (Lipinski definition) is 2. The van der Waals surface area contributed by atoms with Crippen LogP contribution < -0.4 is 0 Å². The molecule has 0 fully saturated rings. The maximum Gasteiger partial charge on any atom is 0.335 e. The van der Waals surface area contributed by atoms with E-state index in [1.807, 2.05) is 0 Å². The normalized spacial score (nSPS) is 10.7. The van der Waals surface area contributed by atoms with Crippen molar-refractivity contribution in [1.29, 1.82) is 0 Å². The van der Waals surface area contributed by atoms with Crippen molar-refractivity contribution in [3.8, 4) is 0 Å². The van der Waals surface area contributed by atoms with Gasteiger partial charge in [-0.25, -0.2) is 9.18 Å². The highest BCUT2D eigenvalue weighted by molar-refractivity contribution is 5.88. The molecule has 0 spiro atoms. The van der Waals surface area contributed by atoms with Crippen molar-refractivity contribution in [3.63, 3.8) is 0 Å². The molecule has 0 aromatic heterocycles. The number of hydrogen-bond donors (Lipinski definition) is 1. The fourth-order valence-electron chi connectivity index (χ4n) is 1.43. The van der Waals surface area contributed by atoms with Crippen LogP contribution >= 0.6 is 0 Å². The van der Waals surface area contributed by atoms with Gasteiger partial charge in [-0.3, -0.25) is 4.99 Å². The largest absolute Gasteiger partial charge is 0.478 e. The lowest BCUT2D eigenvalue weighted by molar-refractivity contribution is 0.0697. The predicted octanol–water partition coefficient (Wildman–Crippen LogP) is 3.27. The summed E-state index contributed by atoms with van der Waals surface area (Å²) in [6, 6.07) is 12.2. The Hall–Kier alpha value is -2.49. The number of carbonyl (C=O) groups is 1. The molecule has 0 unspecified atom stereocenters. The highest BCUT2D eigenvalue weighted by atomic mass is 19.1. The third kappa shape index (κ3) is 3.01. The van der Waals surface area contributed by atoms with Crippen molar-refractivity contribution in [1.82, 2.24) is 0 Å². The van der Waals surface area contributed by atoms with E-state index >= 15 is 0 Å². The van der Waals surface area contributed by atoms with E-state index in [-0.39, 0.29) is 11.4 Å². The summed E-state index contributed by atoms with van der Waals surface area (Å²) in [4.78, 5) is 14.8. The number of halogens is 1. The Morgan fingerprint density at radius 2 is 1.89 bits per heavy atom. The van der Waals surface area contributed by atoms with Crippen LogP contribution in [-0.4, -0.2) is 17.3 Å². The van der Waals surface area contributed by atoms with Crippen LogP contribution in [0, 0.1) is 5.82 Å². The predicted molar refractivity (Wildman–Crippen MR) is 67.1 cm³/mol. The van der Waals surface area contributed by atoms with Gasteiger partial charge < -0.3 is 5.11 Å². The van der Waals surface area contributed by atoms with Gasteiger partial charge in [0.25, 0.3) is 0 Å². The second kappa shape index (κ2) is 5.23. The molecule has 1 N–H and O–H groups in total. The SMILES string of the molecule is O=C(O)c1ccc(N=Cc2cccc(F)c2)cc1. The van der Waals surface area contributed by atoms with Crippen LogP contribution in [-0.2, 0) is 0 Å². The number of nitrogens with zero attached hydrogens (tertiary/aromatic N) is 1. The lowest BCUT2D eigenvalue weighted by Gasteiger charge is -1.96. The first-order valence-electron chi connectivity index (χ1n) is 5.28. The van der Waals surface area contributed by atoms with Gasteiger partial charge in [0.2, 0.25) is 0 Å². The smallest absolute Gasteiger partial charge is 0.335 e. The molecule has 0 atom stereocenters. The summed E-state index contributed by atoms with van der Waals surface area (Å²) >= 11 is 0. The van der Waals surface area contributed by atoms with Crippen molar-refractivity contribution in [2.45, 2.75) is 0 Å². The van der Waals surface area contributed by atoms with E-state index in [4.69, 9.17) is 5.11 Å². The fourth-order valence-corrected chi connectivity index (χ4v) is 1.43. The minimum Gasteiger partial charge on any atom is -0.478 e. The summed E-state index contributed by atoms with van der Waals surface area (Å²) in [5.41, 5.74) is 1.47. The molecule has 0 heterocycles. The van der Waals surface area contributed by atoms with E-state index in [1.54, 1.807) is 24.3 Å². The Labute approximate surface area is 103 Å². The lowest BCUT2D eigenvalue weighted by atomic mass is 10.2. The van der Waals surface area contributed by atoms with Crippen molar-refractivity contribution >= 4 is 17.9 Å². The van der Waals surface area contributed by atoms with E-state index in [0.717, 1.165) is 0 Å². The zero-order valence-corrected chi connectivity index (χ0v) is 9.38. The van der Waals surface area contributed by atoms with Gasteiger partial charge in [-0.1, -0.05) is 12.1 Å². The van der Waals surface area contributed by atoms with Crippen molar-refractivity contribution in [2.24, 2.45) is 4.99 Å². The van der Waals surface area contributed by atoms with Gasteiger partial charge in [0.1, 0.15) is 5.82 Å². The monoisotopic (exact) mass is 243 g/mol. The van der Waals surface area contributed by atoms with Gasteiger partial charge in [0.15, 0.2) is 0 Å². The molecule has 0 aliphatic carbocycles. The van der Waals surface area contributed by atoms with Crippen molar-refractivity contribution < 1.29 is 14.3 Å². The summed E-state index contributed by atoms with van der Waals surface area (Å²) in [7, 11) is 0. The summed E-state index contributed by atoms with van der Waals surface area (Å²) in [5.74, 6) is -1.30. The first-order valence-corrected chi connectivity index (χ1v) is 5.28. The summed E-state index contributed by atoms with van der Waals surface area (Å²) < 4.78 is 12.9. The number of carboxylic acid groups (broad SMARTS) is 1. The molecule has 2 aromatic rings. The van der Waals surface area contributed by atoms with E-state index in [1.165, 1.54) is 30.5 Å². The maximum atomic E-state index is 12.9. The molecule has 0 aliphatic heterocycles. The molecule has 0 amide bonds. The Bertz CT molecular complexity index is 591. The molecule has 3 nitrogen and oxygen atoms in total. The van der Waals surface area contributed by atoms with Gasteiger partial charge in [0.05, 0.1) is 11.3 Å². The number of aromatic carboxylic acids is 1. The summed E-state index contributed by atoms with van der Waals surface area (Å²) in [6.07, 6.45) is 1.53. The Morgan fingerprint density at radius 3 is 2.50 bits per heavy atom. The molecule has 0 saturated heterocycles. The Morgan fingerprint density at radius 1 is 1.17 bits per heavy atom. The average molecular weight is 243 g/mol. The fraction of sp³-hybridized carbons (Fsp3) is 0. The molecule has 2 rings (SSSR count). The zero-order chi connectivity index (χ0) is 13.0. The summed E-state index contributed by atoms with van der Waals surface area (Å²) in [6.45, 7) is 0. The highest BCUT2D eigenvalue weighted by Gasteiger charge is 2.00. The highest BCUT2D eigenvalue weighted by Crippen LogP contribution is 2.13. The minimum absolute atomic E-state index is 0.208. The standard InChI is InChI=1S/C14H10FNO2/c15-12-3-1-2-10(8-12)9-16-13-6-4-11(5-7-13)14(17)18/h1-9H,(H,17,18). The molecule has 0 aliphatic rings. The van der Waals surface area contributed by atoms with Crippen LogP contribution in [0.2, 0.25) is 0 Å². The molecule has 0 bridgehead atoms. The van der Waals surface area contributed by atoms with Crippen molar-refractivity contribution in [3.05, 3.63) is 65.5 Å². The van der Waals surface area contributed by atoms with Gasteiger partial charge in [-0.15, -0.1) is 0 Å². The number of aliphatic imine (C=N–C) groups is 1. The van der Waals surface area contributed by atoms with Gasteiger partial charge in [-0.2, -0.15) is 0 Å². The topological polar surface area (TPSA) is 49.7 Å². The number of benzene rings is 2. The molecule has 0 saturated carbocycles. The van der Waals surface area contributed by atoms with Crippen LogP contribution in [0.4, 0.5) is 10.1 Å². The lowest BCUT2D eigenvalue weighted by Crippen LogP contribution is -1.94. The third-order valence-electron chi connectivity index (χ3n) is 2.33. The number of carboxylic acids is 1. The Kier molecular flexibility index (Phi) is 3.48. The maximum absolute atomic E-state index is 12.9. The van der Waals surface area contributed by atoms with Crippen molar-refractivity contribution in [2.75, 3.05) is 0 Å². The molecule has 0 radical (unpaired) electrons. The second-order valence-corrected chi connectivity index (χ2v) is 3.67. The summed E-state index contributed by atoms with van der Waals surface area (Å²) in [5, 5.41) is 8.73. The van der Waals surface area contributed by atoms with Crippen LogP contribution in [0.15, 0.2) is 53.5 Å². The van der Waals surface area contributed by atoms with E-state index in [0.29, 0.717) is 11.3 Å². The van der Waals surface area contributed by atoms with Crippen LogP contribution in [0.1, 0.15) is 15.9 Å². The minimum atomic E-state index is -0.976. The molecule has 90 valence electrons. The zero-order valence-electron chi connectivity index (χ0n) is 9.38. The quantitative estimate of drug-likeness (QED) is 0.841. The van der Waals surface area contributed by atoms with Gasteiger partial charge in [0, 0.05) is 6.21 Å². The van der Waals surface area contributed by atoms with E-state index < -0.39 is 5.97 Å². The number of rotatable bonds is 3. The molecule has 18 heavy (non-hydrogen) atoms. The van der Waals surface area contributed by atoms with Gasteiger partial charge >= 0.3 is 5.97 Å². The molecule has 4 heteroatoms.